The molecule has 0 radical (unpaired) electrons. The minimum Gasteiger partial charge on any atom is -0.491 e. The molecule has 0 bridgehead atoms. The van der Waals surface area contributed by atoms with Crippen LogP contribution in [0.15, 0.2) is 42.9 Å². The summed E-state index contributed by atoms with van der Waals surface area (Å²) in [5, 5.41) is 13.1. The zero-order valence-electron chi connectivity index (χ0n) is 13.0. The monoisotopic (exact) mass is 320 g/mol. The Balaban J connectivity index is 1.50. The second kappa shape index (κ2) is 6.16. The summed E-state index contributed by atoms with van der Waals surface area (Å²) >= 11 is 0. The quantitative estimate of drug-likeness (QED) is 0.732. The van der Waals surface area contributed by atoms with Gasteiger partial charge in [-0.1, -0.05) is 0 Å². The molecule has 3 heterocycles. The summed E-state index contributed by atoms with van der Waals surface area (Å²) in [6, 6.07) is 11.5. The van der Waals surface area contributed by atoms with Gasteiger partial charge in [-0.3, -0.25) is 0 Å². The van der Waals surface area contributed by atoms with Gasteiger partial charge in [0, 0.05) is 12.7 Å². The van der Waals surface area contributed by atoms with E-state index in [0.29, 0.717) is 17.9 Å². The Bertz CT molecular complexity index is 882. The van der Waals surface area contributed by atoms with Gasteiger partial charge in [0.25, 0.3) is 5.78 Å². The summed E-state index contributed by atoms with van der Waals surface area (Å²) in [4.78, 5) is 10.7. The van der Waals surface area contributed by atoms with Crippen LogP contribution in [0.3, 0.4) is 0 Å². The number of hydrogen-bond acceptors (Lipinski definition) is 6. The van der Waals surface area contributed by atoms with Crippen LogP contribution in [-0.4, -0.2) is 38.8 Å². The normalized spacial score (nSPS) is 17.1. The summed E-state index contributed by atoms with van der Waals surface area (Å²) in [6.07, 6.45) is 5.45. The van der Waals surface area contributed by atoms with Gasteiger partial charge in [-0.2, -0.15) is 19.9 Å². The van der Waals surface area contributed by atoms with Crippen LogP contribution in [0, 0.1) is 11.3 Å². The number of hydrogen-bond donors (Lipinski definition) is 0. The van der Waals surface area contributed by atoms with Crippen LogP contribution in [0.25, 0.3) is 5.78 Å². The minimum absolute atomic E-state index is 0.274. The molecule has 0 aliphatic carbocycles. The van der Waals surface area contributed by atoms with Crippen LogP contribution in [0.4, 0.5) is 5.82 Å². The van der Waals surface area contributed by atoms with E-state index in [-0.39, 0.29) is 6.04 Å². The number of aromatic nitrogens is 4. The number of anilines is 1. The lowest BCUT2D eigenvalue weighted by Crippen LogP contribution is -2.35. The molecule has 0 amide bonds. The van der Waals surface area contributed by atoms with Crippen LogP contribution < -0.4 is 9.64 Å². The van der Waals surface area contributed by atoms with Crippen molar-refractivity contribution in [2.75, 3.05) is 18.1 Å². The predicted octanol–water partition coefficient (Wildman–Crippen LogP) is 2.04. The van der Waals surface area contributed by atoms with Crippen molar-refractivity contribution in [1.29, 1.82) is 5.26 Å². The van der Waals surface area contributed by atoms with Crippen LogP contribution in [0.1, 0.15) is 18.4 Å². The fourth-order valence-corrected chi connectivity index (χ4v) is 3.07. The van der Waals surface area contributed by atoms with Crippen LogP contribution >= 0.6 is 0 Å². The fraction of sp³-hybridized carbons (Fsp3) is 0.294. The van der Waals surface area contributed by atoms with Gasteiger partial charge >= 0.3 is 0 Å². The summed E-state index contributed by atoms with van der Waals surface area (Å²) in [5.41, 5.74) is 0.634. The van der Waals surface area contributed by atoms with Gasteiger partial charge in [0.15, 0.2) is 0 Å². The first-order valence-electron chi connectivity index (χ1n) is 7.89. The average molecular weight is 320 g/mol. The fourth-order valence-electron chi connectivity index (χ4n) is 3.07. The number of fused-ring (bicyclic) bond motifs is 1. The molecule has 0 N–H and O–H groups in total. The third kappa shape index (κ3) is 2.63. The molecular formula is C17H16N6O. The molecule has 1 atom stereocenters. The van der Waals surface area contributed by atoms with Crippen molar-refractivity contribution in [3.63, 3.8) is 0 Å². The molecule has 0 saturated carbocycles. The van der Waals surface area contributed by atoms with E-state index in [9.17, 15) is 0 Å². The predicted molar refractivity (Wildman–Crippen MR) is 87.8 cm³/mol. The first-order chi connectivity index (χ1) is 11.8. The Kier molecular flexibility index (Phi) is 3.71. The molecular weight excluding hydrogens is 304 g/mol. The van der Waals surface area contributed by atoms with E-state index in [1.807, 2.05) is 18.2 Å². The highest BCUT2D eigenvalue weighted by Crippen LogP contribution is 2.26. The largest absolute Gasteiger partial charge is 0.491 e. The summed E-state index contributed by atoms with van der Waals surface area (Å²) in [7, 11) is 0. The highest BCUT2D eigenvalue weighted by molar-refractivity contribution is 5.47. The molecule has 1 saturated heterocycles. The number of benzene rings is 1. The Morgan fingerprint density at radius 2 is 2.08 bits per heavy atom. The Labute approximate surface area is 139 Å². The Hall–Kier alpha value is -3.14. The van der Waals surface area contributed by atoms with Gasteiger partial charge < -0.3 is 9.64 Å². The molecule has 2 aromatic heterocycles. The third-order valence-corrected chi connectivity index (χ3v) is 4.26. The lowest BCUT2D eigenvalue weighted by atomic mass is 10.2. The maximum absolute atomic E-state index is 8.84. The molecule has 1 aliphatic rings. The second-order valence-corrected chi connectivity index (χ2v) is 5.71. The molecule has 4 rings (SSSR count). The van der Waals surface area contributed by atoms with Crippen molar-refractivity contribution in [3.05, 3.63) is 48.4 Å². The zero-order chi connectivity index (χ0) is 16.4. The molecule has 0 unspecified atom stereocenters. The lowest BCUT2D eigenvalue weighted by molar-refractivity contribution is 0.288. The topological polar surface area (TPSA) is 79.3 Å². The summed E-state index contributed by atoms with van der Waals surface area (Å²) in [6.45, 7) is 1.55. The second-order valence-electron chi connectivity index (χ2n) is 5.71. The smallest absolute Gasteiger partial charge is 0.254 e. The Morgan fingerprint density at radius 1 is 1.21 bits per heavy atom. The van der Waals surface area contributed by atoms with Crippen molar-refractivity contribution in [1.82, 2.24) is 19.6 Å². The molecule has 1 fully saturated rings. The number of nitrogens with zero attached hydrogens (tertiary/aromatic N) is 6. The highest BCUT2D eigenvalue weighted by atomic mass is 16.5. The molecule has 120 valence electrons. The molecule has 0 spiro atoms. The molecule has 1 aromatic carbocycles. The van der Waals surface area contributed by atoms with Gasteiger partial charge in [0.05, 0.1) is 17.7 Å². The van der Waals surface area contributed by atoms with E-state index >= 15 is 0 Å². The number of ether oxygens (including phenoxy) is 1. The number of nitriles is 1. The summed E-state index contributed by atoms with van der Waals surface area (Å²) < 4.78 is 7.69. The average Bonchev–Trinajstić information content (AvgIpc) is 3.29. The van der Waals surface area contributed by atoms with Crippen molar-refractivity contribution in [2.45, 2.75) is 18.9 Å². The van der Waals surface area contributed by atoms with E-state index < -0.39 is 0 Å². The van der Waals surface area contributed by atoms with Gasteiger partial charge in [-0.25, -0.2) is 4.98 Å². The zero-order valence-corrected chi connectivity index (χ0v) is 13.0. The number of rotatable bonds is 4. The molecule has 7 heteroatoms. The van der Waals surface area contributed by atoms with Crippen molar-refractivity contribution in [2.24, 2.45) is 0 Å². The SMILES string of the molecule is N#Cc1ccc(OC[C@H]2CCCN2c2ccnc3ncnn23)cc1. The van der Waals surface area contributed by atoms with Gasteiger partial charge in [0.1, 0.15) is 24.5 Å². The standard InChI is InChI=1S/C17H16N6O/c18-10-13-3-5-15(6-4-13)24-11-14-2-1-9-22(14)16-7-8-19-17-20-12-21-23(16)17/h3-8,12,14H,1-2,9,11H2/t14-/m1/s1. The minimum atomic E-state index is 0.274. The molecule has 24 heavy (non-hydrogen) atoms. The lowest BCUT2D eigenvalue weighted by Gasteiger charge is -2.26. The maximum atomic E-state index is 8.84. The van der Waals surface area contributed by atoms with Crippen LogP contribution in [0.2, 0.25) is 0 Å². The van der Waals surface area contributed by atoms with E-state index in [1.54, 1.807) is 22.8 Å². The van der Waals surface area contributed by atoms with Crippen molar-refractivity contribution in [3.8, 4) is 11.8 Å². The summed E-state index contributed by atoms with van der Waals surface area (Å²) in [5.74, 6) is 2.37. The van der Waals surface area contributed by atoms with Gasteiger partial charge in [-0.05, 0) is 43.2 Å². The first-order valence-corrected chi connectivity index (χ1v) is 7.89. The van der Waals surface area contributed by atoms with E-state index in [2.05, 4.69) is 26.0 Å². The van der Waals surface area contributed by atoms with Crippen molar-refractivity contribution < 1.29 is 4.74 Å². The maximum Gasteiger partial charge on any atom is 0.254 e. The van der Waals surface area contributed by atoms with Gasteiger partial charge in [0.2, 0.25) is 0 Å². The molecule has 7 nitrogen and oxygen atoms in total. The van der Waals surface area contributed by atoms with Crippen LogP contribution in [-0.2, 0) is 0 Å². The molecule has 3 aromatic rings. The Morgan fingerprint density at radius 3 is 2.92 bits per heavy atom. The van der Waals surface area contributed by atoms with Crippen LogP contribution in [0.5, 0.6) is 5.75 Å². The van der Waals surface area contributed by atoms with E-state index in [4.69, 9.17) is 10.00 Å². The third-order valence-electron chi connectivity index (χ3n) is 4.26. The van der Waals surface area contributed by atoms with Crippen molar-refractivity contribution >= 4 is 11.6 Å². The van der Waals surface area contributed by atoms with E-state index in [0.717, 1.165) is 31.0 Å². The highest BCUT2D eigenvalue weighted by Gasteiger charge is 2.27. The van der Waals surface area contributed by atoms with Gasteiger partial charge in [-0.15, -0.1) is 0 Å². The first kappa shape index (κ1) is 14.5. The molecule has 1 aliphatic heterocycles. The van der Waals surface area contributed by atoms with E-state index in [1.165, 1.54) is 6.33 Å².